The quantitative estimate of drug-likeness (QED) is 0.811. The molecule has 0 amide bonds. The molecular weight excluding hydrogens is 238 g/mol. The lowest BCUT2D eigenvalue weighted by Crippen LogP contribution is -2.56. The summed E-state index contributed by atoms with van der Waals surface area (Å²) in [5, 5.41) is 0. The minimum absolute atomic E-state index is 0.0361. The highest BCUT2D eigenvalue weighted by Crippen LogP contribution is 2.42. The van der Waals surface area contributed by atoms with Crippen LogP contribution in [0.15, 0.2) is 24.3 Å². The van der Waals surface area contributed by atoms with Crippen LogP contribution in [0.3, 0.4) is 0 Å². The SMILES string of the molecule is CC(C)(c1ccccc1F)C1(F)COCCC1=O. The molecular formula is C14H16F2O2. The van der Waals surface area contributed by atoms with Gasteiger partial charge in [0, 0.05) is 11.8 Å². The molecule has 1 fully saturated rings. The summed E-state index contributed by atoms with van der Waals surface area (Å²) in [5.41, 5.74) is -3.23. The number of rotatable bonds is 2. The first kappa shape index (κ1) is 13.1. The van der Waals surface area contributed by atoms with Gasteiger partial charge in [0.15, 0.2) is 5.78 Å². The number of ether oxygens (including phenoxy) is 1. The molecule has 1 heterocycles. The van der Waals surface area contributed by atoms with Crippen molar-refractivity contribution < 1.29 is 18.3 Å². The van der Waals surface area contributed by atoms with Crippen LogP contribution < -0.4 is 0 Å². The first-order valence-corrected chi connectivity index (χ1v) is 5.94. The van der Waals surface area contributed by atoms with Crippen molar-refractivity contribution in [2.75, 3.05) is 13.2 Å². The molecule has 1 aliphatic rings. The molecule has 1 atom stereocenters. The molecule has 1 saturated heterocycles. The van der Waals surface area contributed by atoms with Crippen molar-refractivity contribution in [1.29, 1.82) is 0 Å². The Labute approximate surface area is 105 Å². The van der Waals surface area contributed by atoms with Gasteiger partial charge in [-0.3, -0.25) is 4.79 Å². The maximum Gasteiger partial charge on any atom is 0.200 e. The van der Waals surface area contributed by atoms with Crippen LogP contribution in [0.4, 0.5) is 8.78 Å². The Kier molecular flexibility index (Phi) is 3.23. The standard InChI is InChI=1S/C14H16F2O2/c1-13(2,10-5-3-4-6-11(10)15)14(16)9-18-8-7-12(14)17/h3-6H,7-9H2,1-2H3. The lowest BCUT2D eigenvalue weighted by Gasteiger charge is -2.41. The summed E-state index contributed by atoms with van der Waals surface area (Å²) in [6, 6.07) is 5.96. The van der Waals surface area contributed by atoms with E-state index < -0.39 is 22.7 Å². The molecule has 98 valence electrons. The summed E-state index contributed by atoms with van der Waals surface area (Å²) >= 11 is 0. The van der Waals surface area contributed by atoms with Crippen molar-refractivity contribution >= 4 is 5.78 Å². The van der Waals surface area contributed by atoms with Gasteiger partial charge in [0.25, 0.3) is 0 Å². The predicted octanol–water partition coefficient (Wildman–Crippen LogP) is 2.80. The Morgan fingerprint density at radius 3 is 2.61 bits per heavy atom. The van der Waals surface area contributed by atoms with Gasteiger partial charge in [0.1, 0.15) is 5.82 Å². The van der Waals surface area contributed by atoms with E-state index in [1.54, 1.807) is 12.1 Å². The van der Waals surface area contributed by atoms with Crippen LogP contribution in [-0.2, 0) is 14.9 Å². The summed E-state index contributed by atoms with van der Waals surface area (Å²) in [7, 11) is 0. The predicted molar refractivity (Wildman–Crippen MR) is 63.7 cm³/mol. The molecule has 2 nitrogen and oxygen atoms in total. The van der Waals surface area contributed by atoms with Crippen molar-refractivity contribution in [2.24, 2.45) is 0 Å². The molecule has 1 aromatic carbocycles. The summed E-state index contributed by atoms with van der Waals surface area (Å²) in [5.74, 6) is -1.01. The van der Waals surface area contributed by atoms with Gasteiger partial charge in [-0.15, -0.1) is 0 Å². The molecule has 1 aromatic rings. The summed E-state index contributed by atoms with van der Waals surface area (Å²) in [4.78, 5) is 11.9. The van der Waals surface area contributed by atoms with Gasteiger partial charge in [-0.25, -0.2) is 8.78 Å². The molecule has 4 heteroatoms. The number of hydrogen-bond acceptors (Lipinski definition) is 2. The van der Waals surface area contributed by atoms with Gasteiger partial charge in [-0.1, -0.05) is 32.0 Å². The Morgan fingerprint density at radius 2 is 2.00 bits per heavy atom. The van der Waals surface area contributed by atoms with E-state index in [1.165, 1.54) is 26.0 Å². The van der Waals surface area contributed by atoms with E-state index in [1.807, 2.05) is 0 Å². The van der Waals surface area contributed by atoms with Crippen LogP contribution >= 0.6 is 0 Å². The number of alkyl halides is 1. The first-order chi connectivity index (χ1) is 8.39. The number of benzene rings is 1. The van der Waals surface area contributed by atoms with Crippen LogP contribution in [0, 0.1) is 5.82 Å². The Bertz CT molecular complexity index is 471. The van der Waals surface area contributed by atoms with Gasteiger partial charge in [-0.05, 0) is 11.6 Å². The highest BCUT2D eigenvalue weighted by Gasteiger charge is 2.54. The average molecular weight is 254 g/mol. The molecule has 1 unspecified atom stereocenters. The van der Waals surface area contributed by atoms with Crippen molar-refractivity contribution in [1.82, 2.24) is 0 Å². The molecule has 0 saturated carbocycles. The molecule has 18 heavy (non-hydrogen) atoms. The number of carbonyl (C=O) groups is 1. The fraction of sp³-hybridized carbons (Fsp3) is 0.500. The number of Topliss-reactive ketones (excluding diaryl/α,β-unsaturated/α-hetero) is 1. The second-order valence-corrected chi connectivity index (χ2v) is 5.13. The Morgan fingerprint density at radius 1 is 1.33 bits per heavy atom. The highest BCUT2D eigenvalue weighted by molar-refractivity contribution is 5.90. The van der Waals surface area contributed by atoms with Crippen LogP contribution in [0.2, 0.25) is 0 Å². The van der Waals surface area contributed by atoms with Gasteiger partial charge < -0.3 is 4.74 Å². The molecule has 0 aromatic heterocycles. The first-order valence-electron chi connectivity index (χ1n) is 5.94. The molecule has 0 radical (unpaired) electrons. The van der Waals surface area contributed by atoms with E-state index in [2.05, 4.69) is 0 Å². The Balaban J connectivity index is 2.47. The minimum Gasteiger partial charge on any atom is -0.377 e. The maximum atomic E-state index is 15.0. The number of carbonyl (C=O) groups excluding carboxylic acids is 1. The molecule has 1 aliphatic heterocycles. The van der Waals surface area contributed by atoms with E-state index in [9.17, 15) is 13.6 Å². The average Bonchev–Trinajstić information content (AvgIpc) is 2.33. The molecule has 0 aliphatic carbocycles. The summed E-state index contributed by atoms with van der Waals surface area (Å²) in [6.07, 6.45) is 0.0361. The highest BCUT2D eigenvalue weighted by atomic mass is 19.1. The third-order valence-corrected chi connectivity index (χ3v) is 3.75. The van der Waals surface area contributed by atoms with E-state index in [4.69, 9.17) is 4.74 Å². The Hall–Kier alpha value is -1.29. The van der Waals surface area contributed by atoms with Gasteiger partial charge in [0.05, 0.1) is 13.2 Å². The van der Waals surface area contributed by atoms with Gasteiger partial charge in [0.2, 0.25) is 5.67 Å². The third-order valence-electron chi connectivity index (χ3n) is 3.75. The zero-order valence-electron chi connectivity index (χ0n) is 10.5. The topological polar surface area (TPSA) is 26.3 Å². The van der Waals surface area contributed by atoms with Gasteiger partial charge >= 0.3 is 0 Å². The maximum absolute atomic E-state index is 15.0. The van der Waals surface area contributed by atoms with Crippen molar-refractivity contribution in [3.63, 3.8) is 0 Å². The molecule has 2 rings (SSSR count). The van der Waals surface area contributed by atoms with E-state index in [0.29, 0.717) is 0 Å². The normalized spacial score (nSPS) is 25.2. The molecule has 0 spiro atoms. The molecule has 0 bridgehead atoms. The van der Waals surface area contributed by atoms with Crippen molar-refractivity contribution in [3.05, 3.63) is 35.6 Å². The second kappa shape index (κ2) is 4.43. The molecule has 0 N–H and O–H groups in total. The fourth-order valence-corrected chi connectivity index (χ4v) is 2.37. The smallest absolute Gasteiger partial charge is 0.200 e. The zero-order chi connectivity index (χ0) is 13.4. The van der Waals surface area contributed by atoms with E-state index in [-0.39, 0.29) is 25.2 Å². The van der Waals surface area contributed by atoms with Crippen LogP contribution in [0.25, 0.3) is 0 Å². The van der Waals surface area contributed by atoms with Crippen LogP contribution in [-0.4, -0.2) is 24.7 Å². The second-order valence-electron chi connectivity index (χ2n) is 5.13. The van der Waals surface area contributed by atoms with Crippen molar-refractivity contribution in [3.8, 4) is 0 Å². The third kappa shape index (κ3) is 1.85. The van der Waals surface area contributed by atoms with Crippen LogP contribution in [0.1, 0.15) is 25.8 Å². The summed E-state index contributed by atoms with van der Waals surface area (Å²) < 4.78 is 33.9. The number of ketones is 1. The number of halogens is 2. The zero-order valence-corrected chi connectivity index (χ0v) is 10.5. The van der Waals surface area contributed by atoms with E-state index in [0.717, 1.165) is 0 Å². The lowest BCUT2D eigenvalue weighted by atomic mass is 9.68. The largest absolute Gasteiger partial charge is 0.377 e. The van der Waals surface area contributed by atoms with Crippen LogP contribution in [0.5, 0.6) is 0 Å². The fourth-order valence-electron chi connectivity index (χ4n) is 2.37. The lowest BCUT2D eigenvalue weighted by molar-refractivity contribution is -0.150. The minimum atomic E-state index is -2.17. The van der Waals surface area contributed by atoms with Gasteiger partial charge in [-0.2, -0.15) is 0 Å². The summed E-state index contributed by atoms with van der Waals surface area (Å²) in [6.45, 7) is 3.00. The van der Waals surface area contributed by atoms with E-state index >= 15 is 0 Å². The van der Waals surface area contributed by atoms with Crippen molar-refractivity contribution in [2.45, 2.75) is 31.4 Å². The number of hydrogen-bond donors (Lipinski definition) is 0. The monoisotopic (exact) mass is 254 g/mol.